The molecule has 0 amide bonds. The van der Waals surface area contributed by atoms with Crippen molar-refractivity contribution in [2.24, 2.45) is 0 Å². The Morgan fingerprint density at radius 1 is 0.889 bits per heavy atom. The minimum atomic E-state index is -0.155. The molecule has 0 aliphatic rings. The molecule has 2 aromatic heterocycles. The summed E-state index contributed by atoms with van der Waals surface area (Å²) in [7, 11) is 0. The van der Waals surface area contributed by atoms with E-state index in [9.17, 15) is 4.79 Å². The van der Waals surface area contributed by atoms with E-state index in [2.05, 4.69) is 26.1 Å². The normalized spacial score (nSPS) is 11.3. The maximum absolute atomic E-state index is 13.5. The predicted molar refractivity (Wildman–Crippen MR) is 110 cm³/mol. The molecule has 0 aliphatic heterocycles. The van der Waals surface area contributed by atoms with Gasteiger partial charge in [-0.1, -0.05) is 58.4 Å². The second-order valence-corrected chi connectivity index (χ2v) is 7.11. The zero-order valence-corrected chi connectivity index (χ0v) is 15.6. The summed E-state index contributed by atoms with van der Waals surface area (Å²) in [4.78, 5) is 18.3. The highest BCUT2D eigenvalue weighted by atomic mass is 79.9. The lowest BCUT2D eigenvalue weighted by molar-refractivity contribution is 0.918. The highest BCUT2D eigenvalue weighted by Gasteiger charge is 2.18. The standard InChI is InChI=1S/C21H13BrN4O/c22-14-10-11-17-16(12-14)21(27)26(19(23-17)13-6-2-1-3-7-13)20-15-8-4-5-9-18(15)24-25-20/h1-12H,(H,24,25). The van der Waals surface area contributed by atoms with E-state index in [0.29, 0.717) is 22.5 Å². The van der Waals surface area contributed by atoms with Gasteiger partial charge in [0.05, 0.1) is 16.4 Å². The number of halogens is 1. The minimum Gasteiger partial charge on any atom is -0.276 e. The zero-order valence-electron chi connectivity index (χ0n) is 14.1. The fraction of sp³-hybridized carbons (Fsp3) is 0. The molecular formula is C21H13BrN4O. The molecule has 0 unspecified atom stereocenters. The number of para-hydroxylation sites is 1. The van der Waals surface area contributed by atoms with E-state index < -0.39 is 0 Å². The molecule has 5 rings (SSSR count). The van der Waals surface area contributed by atoms with Gasteiger partial charge in [0.15, 0.2) is 5.82 Å². The van der Waals surface area contributed by atoms with Gasteiger partial charge in [0.2, 0.25) is 0 Å². The molecule has 0 bridgehead atoms. The predicted octanol–water partition coefficient (Wildman–Crippen LogP) is 4.69. The number of aromatic nitrogens is 4. The number of nitrogens with one attached hydrogen (secondary N) is 1. The van der Waals surface area contributed by atoms with Crippen LogP contribution >= 0.6 is 15.9 Å². The first-order chi connectivity index (χ1) is 13.2. The Balaban J connectivity index is 1.95. The van der Waals surface area contributed by atoms with Crippen LogP contribution in [0.5, 0.6) is 0 Å². The average molecular weight is 417 g/mol. The summed E-state index contributed by atoms with van der Waals surface area (Å²) in [6, 6.07) is 23.0. The molecule has 5 nitrogen and oxygen atoms in total. The summed E-state index contributed by atoms with van der Waals surface area (Å²) in [5.41, 5.74) is 2.22. The van der Waals surface area contributed by atoms with Gasteiger partial charge < -0.3 is 0 Å². The lowest BCUT2D eigenvalue weighted by Gasteiger charge is -2.12. The number of fused-ring (bicyclic) bond motifs is 2. The molecule has 1 N–H and O–H groups in total. The Kier molecular flexibility index (Phi) is 3.65. The molecule has 0 spiro atoms. The van der Waals surface area contributed by atoms with Crippen molar-refractivity contribution in [3.63, 3.8) is 0 Å². The molecule has 6 heteroatoms. The summed E-state index contributed by atoms with van der Waals surface area (Å²) in [6.07, 6.45) is 0. The molecule has 0 aliphatic carbocycles. The van der Waals surface area contributed by atoms with Gasteiger partial charge in [-0.25, -0.2) is 9.55 Å². The molecule has 0 saturated heterocycles. The Hall–Kier alpha value is -3.25. The number of benzene rings is 3. The van der Waals surface area contributed by atoms with Gasteiger partial charge in [0, 0.05) is 15.4 Å². The fourth-order valence-corrected chi connectivity index (χ4v) is 3.62. The monoisotopic (exact) mass is 416 g/mol. The molecule has 27 heavy (non-hydrogen) atoms. The SMILES string of the molecule is O=c1c2cc(Br)ccc2nc(-c2ccccc2)n1-c1n[nH]c2ccccc12. The Morgan fingerprint density at radius 2 is 1.67 bits per heavy atom. The summed E-state index contributed by atoms with van der Waals surface area (Å²) in [5, 5.41) is 8.84. The fourth-order valence-electron chi connectivity index (χ4n) is 3.25. The first-order valence-electron chi connectivity index (χ1n) is 8.43. The first-order valence-corrected chi connectivity index (χ1v) is 9.23. The number of hydrogen-bond donors (Lipinski definition) is 1. The second-order valence-electron chi connectivity index (χ2n) is 6.20. The Bertz CT molecular complexity index is 1360. The van der Waals surface area contributed by atoms with Gasteiger partial charge in [0.25, 0.3) is 5.56 Å². The smallest absolute Gasteiger partial charge is 0.267 e. The van der Waals surface area contributed by atoms with Crippen LogP contribution in [0.1, 0.15) is 0 Å². The third kappa shape index (κ3) is 2.57. The summed E-state index contributed by atoms with van der Waals surface area (Å²) in [6.45, 7) is 0. The Labute approximate surface area is 162 Å². The van der Waals surface area contributed by atoms with Crippen molar-refractivity contribution in [2.45, 2.75) is 0 Å². The molecule has 130 valence electrons. The first kappa shape index (κ1) is 16.0. The summed E-state index contributed by atoms with van der Waals surface area (Å²) >= 11 is 3.45. The third-order valence-corrected chi connectivity index (χ3v) is 5.02. The highest BCUT2D eigenvalue weighted by Crippen LogP contribution is 2.26. The maximum atomic E-state index is 13.5. The van der Waals surface area contributed by atoms with Gasteiger partial charge >= 0.3 is 0 Å². The van der Waals surface area contributed by atoms with E-state index in [4.69, 9.17) is 4.98 Å². The Morgan fingerprint density at radius 3 is 2.52 bits per heavy atom. The summed E-state index contributed by atoms with van der Waals surface area (Å²) in [5.74, 6) is 1.11. The largest absolute Gasteiger partial charge is 0.276 e. The van der Waals surface area contributed by atoms with Crippen LogP contribution in [0, 0.1) is 0 Å². The second kappa shape index (κ2) is 6.17. The van der Waals surface area contributed by atoms with E-state index in [-0.39, 0.29) is 5.56 Å². The number of nitrogens with zero attached hydrogens (tertiary/aromatic N) is 3. The van der Waals surface area contributed by atoms with E-state index in [1.165, 1.54) is 0 Å². The number of rotatable bonds is 2. The van der Waals surface area contributed by atoms with Crippen molar-refractivity contribution < 1.29 is 0 Å². The molecule has 3 aromatic carbocycles. The number of aromatic amines is 1. The van der Waals surface area contributed by atoms with Crippen LogP contribution < -0.4 is 5.56 Å². The van der Waals surface area contributed by atoms with Gasteiger partial charge in [-0.05, 0) is 30.3 Å². The third-order valence-electron chi connectivity index (χ3n) is 4.52. The molecule has 5 aromatic rings. The van der Waals surface area contributed by atoms with E-state index in [0.717, 1.165) is 20.9 Å². The molecule has 0 radical (unpaired) electrons. The van der Waals surface area contributed by atoms with Gasteiger partial charge in [-0.2, -0.15) is 5.10 Å². The van der Waals surface area contributed by atoms with Crippen molar-refractivity contribution in [1.29, 1.82) is 0 Å². The zero-order chi connectivity index (χ0) is 18.4. The quantitative estimate of drug-likeness (QED) is 0.453. The van der Waals surface area contributed by atoms with E-state index >= 15 is 0 Å². The van der Waals surface area contributed by atoms with Crippen molar-refractivity contribution in [3.05, 3.63) is 87.6 Å². The number of hydrogen-bond acceptors (Lipinski definition) is 3. The summed E-state index contributed by atoms with van der Waals surface area (Å²) < 4.78 is 2.42. The van der Waals surface area contributed by atoms with Crippen LogP contribution in [0.15, 0.2) is 82.1 Å². The van der Waals surface area contributed by atoms with Crippen LogP contribution in [-0.2, 0) is 0 Å². The van der Waals surface area contributed by atoms with Crippen molar-refractivity contribution >= 4 is 37.7 Å². The van der Waals surface area contributed by atoms with Crippen LogP contribution in [0.3, 0.4) is 0 Å². The van der Waals surface area contributed by atoms with E-state index in [1.807, 2.05) is 66.7 Å². The van der Waals surface area contributed by atoms with Gasteiger partial charge in [0.1, 0.15) is 5.82 Å². The van der Waals surface area contributed by atoms with E-state index in [1.54, 1.807) is 10.6 Å². The molecule has 0 fully saturated rings. The van der Waals surface area contributed by atoms with Gasteiger partial charge in [-0.15, -0.1) is 0 Å². The van der Waals surface area contributed by atoms with Crippen molar-refractivity contribution in [3.8, 4) is 17.2 Å². The lowest BCUT2D eigenvalue weighted by atomic mass is 10.1. The topological polar surface area (TPSA) is 63.6 Å². The lowest BCUT2D eigenvalue weighted by Crippen LogP contribution is -2.22. The van der Waals surface area contributed by atoms with Crippen LogP contribution in [-0.4, -0.2) is 19.7 Å². The van der Waals surface area contributed by atoms with Crippen LogP contribution in [0.4, 0.5) is 0 Å². The number of H-pyrrole nitrogens is 1. The molecule has 0 atom stereocenters. The molecule has 2 heterocycles. The molecule has 0 saturated carbocycles. The highest BCUT2D eigenvalue weighted by molar-refractivity contribution is 9.10. The maximum Gasteiger partial charge on any atom is 0.267 e. The minimum absolute atomic E-state index is 0.155. The van der Waals surface area contributed by atoms with Crippen LogP contribution in [0.2, 0.25) is 0 Å². The van der Waals surface area contributed by atoms with Gasteiger partial charge in [-0.3, -0.25) is 9.89 Å². The average Bonchev–Trinajstić information content (AvgIpc) is 3.13. The molecular weight excluding hydrogens is 404 g/mol. The van der Waals surface area contributed by atoms with Crippen molar-refractivity contribution in [1.82, 2.24) is 19.7 Å². The van der Waals surface area contributed by atoms with Crippen LogP contribution in [0.25, 0.3) is 39.0 Å². The van der Waals surface area contributed by atoms with Crippen molar-refractivity contribution in [2.75, 3.05) is 0 Å².